The predicted molar refractivity (Wildman–Crippen MR) is 143 cm³/mol. The molecule has 0 radical (unpaired) electrons. The molecule has 11 heteroatoms. The van der Waals surface area contributed by atoms with Crippen molar-refractivity contribution in [2.24, 2.45) is 0 Å². The summed E-state index contributed by atoms with van der Waals surface area (Å²) in [7, 11) is -3.69. The number of rotatable bonds is 12. The van der Waals surface area contributed by atoms with Crippen LogP contribution in [0.1, 0.15) is 38.7 Å². The van der Waals surface area contributed by atoms with Crippen LogP contribution in [0.3, 0.4) is 0 Å². The van der Waals surface area contributed by atoms with Crippen LogP contribution in [0.25, 0.3) is 0 Å². The molecule has 0 aliphatic carbocycles. The van der Waals surface area contributed by atoms with Gasteiger partial charge in [0.25, 0.3) is 0 Å². The summed E-state index contributed by atoms with van der Waals surface area (Å²) in [5.41, 5.74) is 0.954. The molecule has 35 heavy (non-hydrogen) atoms. The van der Waals surface area contributed by atoms with Crippen LogP contribution in [0.2, 0.25) is 15.1 Å². The average Bonchev–Trinajstić information content (AvgIpc) is 2.80. The van der Waals surface area contributed by atoms with E-state index < -0.39 is 16.1 Å². The van der Waals surface area contributed by atoms with Gasteiger partial charge in [-0.15, -0.1) is 0 Å². The lowest BCUT2D eigenvalue weighted by Crippen LogP contribution is -2.48. The molecule has 0 heterocycles. The minimum Gasteiger partial charge on any atom is -0.354 e. The van der Waals surface area contributed by atoms with Gasteiger partial charge in [-0.05, 0) is 49.6 Å². The number of hydrogen-bond donors (Lipinski definition) is 1. The summed E-state index contributed by atoms with van der Waals surface area (Å²) in [5, 5.41) is 3.87. The van der Waals surface area contributed by atoms with E-state index in [0.717, 1.165) is 17.0 Å². The highest BCUT2D eigenvalue weighted by molar-refractivity contribution is 7.92. The number of carbonyl (C=O) groups excluding carboxylic acids is 2. The number of benzene rings is 2. The van der Waals surface area contributed by atoms with Crippen LogP contribution in [0.5, 0.6) is 0 Å². The number of nitrogens with zero attached hydrogens (tertiary/aromatic N) is 2. The molecule has 0 saturated heterocycles. The molecule has 2 amide bonds. The van der Waals surface area contributed by atoms with Gasteiger partial charge in [-0.3, -0.25) is 13.9 Å². The molecule has 0 bridgehead atoms. The molecule has 0 aromatic heterocycles. The molecular formula is C24H30Cl3N3O4S. The zero-order valence-electron chi connectivity index (χ0n) is 19.9. The summed E-state index contributed by atoms with van der Waals surface area (Å²) in [6.45, 7) is 4.27. The summed E-state index contributed by atoms with van der Waals surface area (Å²) in [4.78, 5) is 27.4. The standard InChI is InChI=1S/C24H30Cl3N3O4S/c1-4-13-28-24(32)17(2)29(16-18-8-5-6-9-20(18)26)23(31)10-7-14-30(35(3,33)34)22-15-19(25)11-12-21(22)27/h5-6,8-9,11-12,15,17H,4,7,10,13-14,16H2,1-3H3,(H,28,32)/t17-/m0/s1. The van der Waals surface area contributed by atoms with Crippen LogP contribution in [0.15, 0.2) is 42.5 Å². The summed E-state index contributed by atoms with van der Waals surface area (Å²) >= 11 is 18.6. The van der Waals surface area contributed by atoms with Gasteiger partial charge in [0.15, 0.2) is 0 Å². The Morgan fingerprint density at radius 2 is 1.74 bits per heavy atom. The van der Waals surface area contributed by atoms with E-state index in [9.17, 15) is 18.0 Å². The maximum absolute atomic E-state index is 13.3. The van der Waals surface area contributed by atoms with E-state index >= 15 is 0 Å². The third-order valence-corrected chi connectivity index (χ3v) is 7.45. The van der Waals surface area contributed by atoms with Crippen molar-refractivity contribution < 1.29 is 18.0 Å². The Kier molecular flexibility index (Phi) is 11.1. The number of amides is 2. The molecular weight excluding hydrogens is 533 g/mol. The average molecular weight is 563 g/mol. The lowest BCUT2D eigenvalue weighted by molar-refractivity contribution is -0.140. The summed E-state index contributed by atoms with van der Waals surface area (Å²) in [6, 6.07) is 10.9. The van der Waals surface area contributed by atoms with Gasteiger partial charge in [0.2, 0.25) is 21.8 Å². The van der Waals surface area contributed by atoms with Gasteiger partial charge in [0.1, 0.15) is 6.04 Å². The van der Waals surface area contributed by atoms with Crippen molar-refractivity contribution in [2.75, 3.05) is 23.7 Å². The molecule has 2 aromatic rings. The number of anilines is 1. The Balaban J connectivity index is 2.20. The van der Waals surface area contributed by atoms with Crippen LogP contribution in [0.4, 0.5) is 5.69 Å². The molecule has 0 spiro atoms. The second-order valence-corrected chi connectivity index (χ2v) is 11.3. The van der Waals surface area contributed by atoms with E-state index in [-0.39, 0.29) is 48.5 Å². The van der Waals surface area contributed by atoms with Gasteiger partial charge in [0, 0.05) is 36.1 Å². The topological polar surface area (TPSA) is 86.8 Å². The largest absolute Gasteiger partial charge is 0.354 e. The maximum atomic E-state index is 13.3. The summed E-state index contributed by atoms with van der Waals surface area (Å²) in [5.74, 6) is -0.564. The number of hydrogen-bond acceptors (Lipinski definition) is 4. The Morgan fingerprint density at radius 1 is 1.06 bits per heavy atom. The van der Waals surface area contributed by atoms with E-state index in [1.165, 1.54) is 17.0 Å². The normalized spacial score (nSPS) is 12.2. The SMILES string of the molecule is CCCNC(=O)[C@H](C)N(Cc1ccccc1Cl)C(=O)CCCN(c1cc(Cl)ccc1Cl)S(C)(=O)=O. The fraction of sp³-hybridized carbons (Fsp3) is 0.417. The van der Waals surface area contributed by atoms with Crippen molar-refractivity contribution in [2.45, 2.75) is 45.7 Å². The summed E-state index contributed by atoms with van der Waals surface area (Å²) in [6.07, 6.45) is 2.05. The second-order valence-electron chi connectivity index (χ2n) is 8.11. The van der Waals surface area contributed by atoms with E-state index in [2.05, 4.69) is 5.32 Å². The molecule has 0 unspecified atom stereocenters. The first-order valence-corrected chi connectivity index (χ1v) is 14.2. The van der Waals surface area contributed by atoms with Crippen molar-refractivity contribution in [3.05, 3.63) is 63.1 Å². The van der Waals surface area contributed by atoms with Crippen molar-refractivity contribution in [1.29, 1.82) is 0 Å². The van der Waals surface area contributed by atoms with E-state index in [1.807, 2.05) is 13.0 Å². The molecule has 2 aromatic carbocycles. The zero-order chi connectivity index (χ0) is 26.2. The monoisotopic (exact) mass is 561 g/mol. The molecule has 1 N–H and O–H groups in total. The Labute approximate surface area is 222 Å². The highest BCUT2D eigenvalue weighted by Crippen LogP contribution is 2.31. The van der Waals surface area contributed by atoms with E-state index in [0.29, 0.717) is 22.2 Å². The van der Waals surface area contributed by atoms with E-state index in [1.54, 1.807) is 31.2 Å². The quantitative estimate of drug-likeness (QED) is 0.388. The number of nitrogens with one attached hydrogen (secondary N) is 1. The molecule has 1 atom stereocenters. The van der Waals surface area contributed by atoms with Crippen molar-refractivity contribution >= 4 is 62.3 Å². The summed E-state index contributed by atoms with van der Waals surface area (Å²) < 4.78 is 26.0. The smallest absolute Gasteiger partial charge is 0.242 e. The molecule has 0 fully saturated rings. The van der Waals surface area contributed by atoms with Crippen LogP contribution in [0, 0.1) is 0 Å². The molecule has 0 aliphatic heterocycles. The maximum Gasteiger partial charge on any atom is 0.242 e. The molecule has 192 valence electrons. The Hall–Kier alpha value is -2.00. The second kappa shape index (κ2) is 13.3. The van der Waals surface area contributed by atoms with Gasteiger partial charge in [0.05, 0.1) is 17.0 Å². The Morgan fingerprint density at radius 3 is 2.37 bits per heavy atom. The van der Waals surface area contributed by atoms with Crippen molar-refractivity contribution in [3.63, 3.8) is 0 Å². The van der Waals surface area contributed by atoms with Gasteiger partial charge >= 0.3 is 0 Å². The first-order valence-electron chi connectivity index (χ1n) is 11.2. The van der Waals surface area contributed by atoms with Gasteiger partial charge in [-0.1, -0.05) is 59.9 Å². The third kappa shape index (κ3) is 8.56. The highest BCUT2D eigenvalue weighted by atomic mass is 35.5. The number of carbonyl (C=O) groups is 2. The number of sulfonamides is 1. The Bertz CT molecular complexity index is 1140. The highest BCUT2D eigenvalue weighted by Gasteiger charge is 2.27. The first kappa shape index (κ1) is 29.2. The van der Waals surface area contributed by atoms with Gasteiger partial charge in [-0.2, -0.15) is 0 Å². The molecule has 0 aliphatic rings. The van der Waals surface area contributed by atoms with Crippen LogP contribution in [-0.4, -0.2) is 50.5 Å². The fourth-order valence-electron chi connectivity index (χ4n) is 3.45. The van der Waals surface area contributed by atoms with Crippen molar-refractivity contribution in [3.8, 4) is 0 Å². The van der Waals surface area contributed by atoms with Crippen LogP contribution in [-0.2, 0) is 26.2 Å². The first-order chi connectivity index (χ1) is 16.5. The minimum absolute atomic E-state index is 0.0139. The lowest BCUT2D eigenvalue weighted by Gasteiger charge is -2.30. The molecule has 2 rings (SSSR count). The van der Waals surface area contributed by atoms with Crippen LogP contribution >= 0.6 is 34.8 Å². The molecule has 0 saturated carbocycles. The third-order valence-electron chi connectivity index (χ3n) is 5.34. The van der Waals surface area contributed by atoms with Gasteiger partial charge in [-0.25, -0.2) is 8.42 Å². The van der Waals surface area contributed by atoms with E-state index in [4.69, 9.17) is 34.8 Å². The van der Waals surface area contributed by atoms with Crippen molar-refractivity contribution in [1.82, 2.24) is 10.2 Å². The van der Waals surface area contributed by atoms with Crippen LogP contribution < -0.4 is 9.62 Å². The molecule has 7 nitrogen and oxygen atoms in total. The lowest BCUT2D eigenvalue weighted by atomic mass is 10.1. The van der Waals surface area contributed by atoms with Gasteiger partial charge < -0.3 is 10.2 Å². The predicted octanol–water partition coefficient (Wildman–Crippen LogP) is 5.14. The number of halogens is 3. The zero-order valence-corrected chi connectivity index (χ0v) is 23.0. The minimum atomic E-state index is -3.69. The fourth-order valence-corrected chi connectivity index (χ4v) is 5.05.